The average Bonchev–Trinajstić information content (AvgIpc) is 3.59. The van der Waals surface area contributed by atoms with Gasteiger partial charge in [0.25, 0.3) is 0 Å². The number of fused-ring (bicyclic) bond motifs is 14. The van der Waals surface area contributed by atoms with E-state index < -0.39 is 0 Å². The van der Waals surface area contributed by atoms with Crippen molar-refractivity contribution in [1.29, 1.82) is 0 Å². The molecule has 2 nitrogen and oxygen atoms in total. The molecular formula is C33H21NO. The highest BCUT2D eigenvalue weighted by atomic mass is 16.3. The van der Waals surface area contributed by atoms with Crippen LogP contribution in [0.25, 0.3) is 71.2 Å². The molecular weight excluding hydrogens is 426 g/mol. The molecule has 0 saturated heterocycles. The highest BCUT2D eigenvalue weighted by molar-refractivity contribution is 6.30. The fourth-order valence-corrected chi connectivity index (χ4v) is 7.11. The van der Waals surface area contributed by atoms with E-state index in [4.69, 9.17) is 4.42 Å². The van der Waals surface area contributed by atoms with Crippen LogP contribution in [0.5, 0.6) is 0 Å². The van der Waals surface area contributed by atoms with Crippen molar-refractivity contribution in [3.05, 3.63) is 102 Å². The molecule has 2 heteroatoms. The first-order valence-electron chi connectivity index (χ1n) is 12.3. The molecule has 0 amide bonds. The highest BCUT2D eigenvalue weighted by Crippen LogP contribution is 2.54. The lowest BCUT2D eigenvalue weighted by molar-refractivity contribution is 0.666. The molecule has 1 aliphatic carbocycles. The molecule has 164 valence electrons. The maximum absolute atomic E-state index is 6.48. The molecule has 0 N–H and O–H groups in total. The van der Waals surface area contributed by atoms with Crippen LogP contribution < -0.4 is 0 Å². The van der Waals surface area contributed by atoms with Crippen molar-refractivity contribution in [1.82, 2.24) is 4.40 Å². The molecule has 3 aromatic heterocycles. The topological polar surface area (TPSA) is 17.6 Å². The van der Waals surface area contributed by atoms with Gasteiger partial charge in [-0.2, -0.15) is 0 Å². The second-order valence-electron chi connectivity index (χ2n) is 10.5. The Balaban J connectivity index is 1.53. The van der Waals surface area contributed by atoms with Gasteiger partial charge in [-0.3, -0.25) is 0 Å². The van der Waals surface area contributed by atoms with Crippen molar-refractivity contribution in [2.75, 3.05) is 0 Å². The summed E-state index contributed by atoms with van der Waals surface area (Å²) in [5, 5.41) is 7.55. The summed E-state index contributed by atoms with van der Waals surface area (Å²) >= 11 is 0. The minimum Gasteiger partial charge on any atom is -0.455 e. The van der Waals surface area contributed by atoms with Crippen molar-refractivity contribution in [3.63, 3.8) is 0 Å². The average molecular weight is 448 g/mol. The van der Waals surface area contributed by atoms with Gasteiger partial charge in [0.2, 0.25) is 0 Å². The van der Waals surface area contributed by atoms with E-state index in [2.05, 4.69) is 103 Å². The molecule has 3 heterocycles. The van der Waals surface area contributed by atoms with E-state index in [0.717, 1.165) is 11.2 Å². The summed E-state index contributed by atoms with van der Waals surface area (Å²) in [4.78, 5) is 0. The van der Waals surface area contributed by atoms with Crippen LogP contribution in [0, 0.1) is 0 Å². The second-order valence-corrected chi connectivity index (χ2v) is 10.5. The van der Waals surface area contributed by atoms with Gasteiger partial charge < -0.3 is 8.82 Å². The zero-order chi connectivity index (χ0) is 23.1. The monoisotopic (exact) mass is 447 g/mol. The number of rotatable bonds is 0. The lowest BCUT2D eigenvalue weighted by Gasteiger charge is -2.22. The van der Waals surface area contributed by atoms with Gasteiger partial charge in [-0.1, -0.05) is 80.6 Å². The summed E-state index contributed by atoms with van der Waals surface area (Å²) in [6.45, 7) is 4.75. The lowest BCUT2D eigenvalue weighted by Crippen LogP contribution is -2.15. The predicted octanol–water partition coefficient (Wildman–Crippen LogP) is 9.04. The first-order chi connectivity index (χ1) is 17.1. The molecule has 1 aliphatic rings. The molecule has 35 heavy (non-hydrogen) atoms. The zero-order valence-corrected chi connectivity index (χ0v) is 19.5. The Morgan fingerprint density at radius 2 is 1.31 bits per heavy atom. The predicted molar refractivity (Wildman–Crippen MR) is 146 cm³/mol. The summed E-state index contributed by atoms with van der Waals surface area (Å²) in [7, 11) is 0. The number of furan rings is 1. The SMILES string of the molecule is CC1(C)c2ccccc2-c2ccc3c(c21)c1cccc2c4c5oc6ccccc6c5ccc4n3c12. The van der Waals surface area contributed by atoms with Gasteiger partial charge in [0.1, 0.15) is 11.2 Å². The zero-order valence-electron chi connectivity index (χ0n) is 19.5. The van der Waals surface area contributed by atoms with Crippen molar-refractivity contribution >= 4 is 60.0 Å². The Morgan fingerprint density at radius 3 is 2.23 bits per heavy atom. The smallest absolute Gasteiger partial charge is 0.145 e. The Morgan fingerprint density at radius 1 is 0.600 bits per heavy atom. The van der Waals surface area contributed by atoms with Gasteiger partial charge in [0.05, 0.1) is 21.9 Å². The quantitative estimate of drug-likeness (QED) is 0.227. The standard InChI is InChI=1S/C33H21NO/c1-33(2)24-12-5-3-8-18(24)20-14-16-25-28(30(20)33)22-10-7-11-23-29-26(34(25)31(22)23)17-15-21-19-9-4-6-13-27(19)35-32(21)29/h3-17H,1-2H3. The molecule has 0 spiro atoms. The van der Waals surface area contributed by atoms with Crippen LogP contribution in [-0.2, 0) is 5.41 Å². The third kappa shape index (κ3) is 1.89. The molecule has 0 fully saturated rings. The van der Waals surface area contributed by atoms with Gasteiger partial charge in [-0.25, -0.2) is 0 Å². The first kappa shape index (κ1) is 18.1. The van der Waals surface area contributed by atoms with Crippen LogP contribution in [0.15, 0.2) is 95.4 Å². The van der Waals surface area contributed by atoms with Crippen LogP contribution in [0.1, 0.15) is 25.0 Å². The molecule has 0 aliphatic heterocycles. The van der Waals surface area contributed by atoms with E-state index in [1.54, 1.807) is 0 Å². The normalized spacial score (nSPS) is 14.8. The van der Waals surface area contributed by atoms with E-state index in [1.165, 1.54) is 71.1 Å². The molecule has 0 unspecified atom stereocenters. The van der Waals surface area contributed by atoms with E-state index in [1.807, 2.05) is 6.07 Å². The Kier molecular flexibility index (Phi) is 2.93. The van der Waals surface area contributed by atoms with Crippen molar-refractivity contribution in [2.45, 2.75) is 19.3 Å². The molecule has 0 saturated carbocycles. The van der Waals surface area contributed by atoms with E-state index in [-0.39, 0.29) is 5.41 Å². The molecule has 0 atom stereocenters. The third-order valence-electron chi connectivity index (χ3n) is 8.50. The summed E-state index contributed by atoms with van der Waals surface area (Å²) < 4.78 is 8.95. The van der Waals surface area contributed by atoms with Crippen molar-refractivity contribution in [2.24, 2.45) is 0 Å². The number of benzene rings is 5. The highest BCUT2D eigenvalue weighted by Gasteiger charge is 2.38. The fraction of sp³-hybridized carbons (Fsp3) is 0.0909. The molecule has 8 aromatic rings. The number of hydrogen-bond donors (Lipinski definition) is 0. The van der Waals surface area contributed by atoms with Gasteiger partial charge in [-0.15, -0.1) is 0 Å². The molecule has 0 bridgehead atoms. The molecule has 9 rings (SSSR count). The second kappa shape index (κ2) is 5.67. The minimum atomic E-state index is -0.0503. The first-order valence-corrected chi connectivity index (χ1v) is 12.3. The van der Waals surface area contributed by atoms with Gasteiger partial charge in [0.15, 0.2) is 0 Å². The Bertz CT molecular complexity index is 2190. The molecule has 0 radical (unpaired) electrons. The summed E-state index contributed by atoms with van der Waals surface area (Å²) in [5.74, 6) is 0. The summed E-state index contributed by atoms with van der Waals surface area (Å²) in [6, 6.07) is 33.2. The number of aromatic nitrogens is 1. The largest absolute Gasteiger partial charge is 0.455 e. The fourth-order valence-electron chi connectivity index (χ4n) is 7.11. The Labute approximate surface area is 201 Å². The van der Waals surface area contributed by atoms with Crippen molar-refractivity contribution in [3.8, 4) is 11.1 Å². The Hall–Kier alpha value is -4.30. The summed E-state index contributed by atoms with van der Waals surface area (Å²) in [6.07, 6.45) is 0. The number of para-hydroxylation sites is 2. The van der Waals surface area contributed by atoms with Crippen molar-refractivity contribution < 1.29 is 4.42 Å². The molecule has 5 aromatic carbocycles. The van der Waals surface area contributed by atoms with E-state index >= 15 is 0 Å². The maximum atomic E-state index is 6.48. The van der Waals surface area contributed by atoms with Crippen LogP contribution in [0.2, 0.25) is 0 Å². The maximum Gasteiger partial charge on any atom is 0.145 e. The van der Waals surface area contributed by atoms with E-state index in [0.29, 0.717) is 0 Å². The van der Waals surface area contributed by atoms with Crippen LogP contribution in [0.3, 0.4) is 0 Å². The van der Waals surface area contributed by atoms with Crippen LogP contribution in [0.4, 0.5) is 0 Å². The van der Waals surface area contributed by atoms with Gasteiger partial charge >= 0.3 is 0 Å². The number of nitrogens with zero attached hydrogens (tertiary/aromatic N) is 1. The van der Waals surface area contributed by atoms with Gasteiger partial charge in [0, 0.05) is 32.3 Å². The summed E-state index contributed by atoms with van der Waals surface area (Å²) in [5.41, 5.74) is 11.3. The number of hydrogen-bond acceptors (Lipinski definition) is 1. The van der Waals surface area contributed by atoms with Gasteiger partial charge in [-0.05, 0) is 46.5 Å². The van der Waals surface area contributed by atoms with Crippen LogP contribution in [-0.4, -0.2) is 4.40 Å². The minimum absolute atomic E-state index is 0.0503. The lowest BCUT2D eigenvalue weighted by atomic mass is 9.80. The van der Waals surface area contributed by atoms with E-state index in [9.17, 15) is 0 Å². The third-order valence-corrected chi connectivity index (χ3v) is 8.50. The van der Waals surface area contributed by atoms with Crippen LogP contribution >= 0.6 is 0 Å².